The Morgan fingerprint density at radius 3 is 2.41 bits per heavy atom. The van der Waals surface area contributed by atoms with E-state index < -0.39 is 0 Å². The summed E-state index contributed by atoms with van der Waals surface area (Å²) in [5.74, 6) is 0.350. The Kier molecular flexibility index (Phi) is 4.53. The van der Waals surface area contributed by atoms with E-state index in [0.29, 0.717) is 24.9 Å². The molecule has 2 saturated heterocycles. The predicted molar refractivity (Wildman–Crippen MR) is 106 cm³/mol. The highest BCUT2D eigenvalue weighted by atomic mass is 16.2. The molecule has 29 heavy (non-hydrogen) atoms. The number of rotatable bonds is 4. The number of amides is 3. The van der Waals surface area contributed by atoms with E-state index in [1.165, 1.54) is 18.4 Å². The molecule has 5 rings (SSSR count). The summed E-state index contributed by atoms with van der Waals surface area (Å²) in [6, 6.07) is 6.40. The summed E-state index contributed by atoms with van der Waals surface area (Å²) in [5, 5.41) is 1.09. The number of pyridine rings is 2. The van der Waals surface area contributed by atoms with Gasteiger partial charge in [0.05, 0.1) is 0 Å². The molecule has 3 amide bonds. The van der Waals surface area contributed by atoms with Crippen LogP contribution >= 0.6 is 0 Å². The van der Waals surface area contributed by atoms with Gasteiger partial charge in [-0.25, -0.2) is 9.97 Å². The van der Waals surface area contributed by atoms with Crippen molar-refractivity contribution < 1.29 is 14.4 Å². The van der Waals surface area contributed by atoms with Crippen LogP contribution in [-0.4, -0.2) is 57.1 Å². The molecule has 0 radical (unpaired) electrons. The Morgan fingerprint density at radius 2 is 1.72 bits per heavy atom. The van der Waals surface area contributed by atoms with Gasteiger partial charge in [-0.15, -0.1) is 0 Å². The van der Waals surface area contributed by atoms with Crippen LogP contribution in [0.15, 0.2) is 24.4 Å². The average molecular weight is 392 g/mol. The van der Waals surface area contributed by atoms with E-state index in [2.05, 4.69) is 23.2 Å². The summed E-state index contributed by atoms with van der Waals surface area (Å²) in [6.45, 7) is 1.12. The van der Waals surface area contributed by atoms with Crippen molar-refractivity contribution in [1.82, 2.24) is 19.8 Å². The maximum atomic E-state index is 12.5. The van der Waals surface area contributed by atoms with Gasteiger partial charge in [-0.1, -0.05) is 0 Å². The van der Waals surface area contributed by atoms with Gasteiger partial charge in [0, 0.05) is 49.1 Å². The lowest BCUT2D eigenvalue weighted by molar-refractivity contribution is -0.145. The first-order chi connectivity index (χ1) is 14.1. The van der Waals surface area contributed by atoms with Crippen LogP contribution in [-0.2, 0) is 14.4 Å². The molecule has 4 heterocycles. The molecule has 150 valence electrons. The lowest BCUT2D eigenvalue weighted by atomic mass is 9.92. The number of likely N-dealkylation sites (tertiary alicyclic amines) is 2. The van der Waals surface area contributed by atoms with Crippen LogP contribution < -0.4 is 0 Å². The van der Waals surface area contributed by atoms with Crippen molar-refractivity contribution in [1.29, 1.82) is 0 Å². The Bertz CT molecular complexity index is 977. The minimum atomic E-state index is -0.240. The molecule has 1 saturated carbocycles. The lowest BCUT2D eigenvalue weighted by Crippen LogP contribution is -2.45. The smallest absolute Gasteiger partial charge is 0.242 e. The van der Waals surface area contributed by atoms with E-state index in [-0.39, 0.29) is 37.1 Å². The summed E-state index contributed by atoms with van der Waals surface area (Å²) in [4.78, 5) is 48.2. The third-order valence-corrected chi connectivity index (χ3v) is 6.35. The van der Waals surface area contributed by atoms with E-state index in [4.69, 9.17) is 4.98 Å². The number of aromatic nitrogens is 2. The number of piperidine rings is 1. The van der Waals surface area contributed by atoms with Crippen LogP contribution in [0.25, 0.3) is 11.0 Å². The Hall–Kier alpha value is -2.83. The quantitative estimate of drug-likeness (QED) is 0.746. The van der Waals surface area contributed by atoms with Crippen molar-refractivity contribution in [2.75, 3.05) is 19.6 Å². The van der Waals surface area contributed by atoms with Gasteiger partial charge in [-0.3, -0.25) is 19.3 Å². The van der Waals surface area contributed by atoms with Crippen molar-refractivity contribution in [3.63, 3.8) is 0 Å². The topological polar surface area (TPSA) is 83.5 Å². The molecule has 7 nitrogen and oxygen atoms in total. The summed E-state index contributed by atoms with van der Waals surface area (Å²) < 4.78 is 0. The van der Waals surface area contributed by atoms with Gasteiger partial charge in [0.2, 0.25) is 17.7 Å². The lowest BCUT2D eigenvalue weighted by Gasteiger charge is -2.32. The molecular weight excluding hydrogens is 368 g/mol. The number of nitrogens with zero attached hydrogens (tertiary/aromatic N) is 4. The van der Waals surface area contributed by atoms with Gasteiger partial charge in [-0.2, -0.15) is 0 Å². The zero-order valence-electron chi connectivity index (χ0n) is 16.3. The second-order valence-corrected chi connectivity index (χ2v) is 8.35. The number of fused-ring (bicyclic) bond motifs is 1. The fourth-order valence-corrected chi connectivity index (χ4v) is 4.37. The van der Waals surface area contributed by atoms with E-state index in [1.807, 2.05) is 6.20 Å². The van der Waals surface area contributed by atoms with Crippen LogP contribution in [0, 0.1) is 0 Å². The zero-order chi connectivity index (χ0) is 20.0. The molecule has 0 spiro atoms. The highest BCUT2D eigenvalue weighted by Crippen LogP contribution is 2.40. The number of carbonyl (C=O) groups excluding carboxylic acids is 3. The molecule has 7 heteroatoms. The summed E-state index contributed by atoms with van der Waals surface area (Å²) >= 11 is 0. The molecule has 0 unspecified atom stereocenters. The fraction of sp³-hybridized carbons (Fsp3) is 0.500. The summed E-state index contributed by atoms with van der Waals surface area (Å²) in [7, 11) is 0. The molecule has 2 aromatic heterocycles. The molecule has 0 atom stereocenters. The fourth-order valence-electron chi connectivity index (χ4n) is 4.37. The largest absolute Gasteiger partial charge is 0.341 e. The third-order valence-electron chi connectivity index (χ3n) is 6.35. The number of carbonyl (C=O) groups is 3. The highest BCUT2D eigenvalue weighted by Gasteiger charge is 2.33. The first kappa shape index (κ1) is 18.2. The van der Waals surface area contributed by atoms with E-state index in [0.717, 1.165) is 34.5 Å². The third kappa shape index (κ3) is 3.61. The van der Waals surface area contributed by atoms with Crippen molar-refractivity contribution in [3.05, 3.63) is 35.7 Å². The van der Waals surface area contributed by atoms with Crippen molar-refractivity contribution in [2.24, 2.45) is 0 Å². The molecule has 3 fully saturated rings. The molecule has 2 aromatic rings. The zero-order valence-corrected chi connectivity index (χ0v) is 16.3. The highest BCUT2D eigenvalue weighted by molar-refractivity contribution is 6.04. The van der Waals surface area contributed by atoms with Gasteiger partial charge in [0.25, 0.3) is 0 Å². The second-order valence-electron chi connectivity index (χ2n) is 8.35. The van der Waals surface area contributed by atoms with Crippen LogP contribution in [0.2, 0.25) is 0 Å². The SMILES string of the molecule is O=C(CN1C(=O)CCC1=O)N1CCC(c2ccc3cc(C4CC4)cnc3n2)CC1. The van der Waals surface area contributed by atoms with Gasteiger partial charge >= 0.3 is 0 Å². The van der Waals surface area contributed by atoms with Crippen molar-refractivity contribution in [2.45, 2.75) is 50.4 Å². The normalized spacial score (nSPS) is 20.7. The van der Waals surface area contributed by atoms with Crippen LogP contribution in [0.5, 0.6) is 0 Å². The predicted octanol–water partition coefficient (Wildman–Crippen LogP) is 2.36. The monoisotopic (exact) mass is 392 g/mol. The first-order valence-electron chi connectivity index (χ1n) is 10.5. The van der Waals surface area contributed by atoms with E-state index >= 15 is 0 Å². The van der Waals surface area contributed by atoms with Crippen LogP contribution in [0.3, 0.4) is 0 Å². The van der Waals surface area contributed by atoms with Crippen LogP contribution in [0.1, 0.15) is 61.6 Å². The number of hydrogen-bond acceptors (Lipinski definition) is 5. The first-order valence-corrected chi connectivity index (χ1v) is 10.5. The summed E-state index contributed by atoms with van der Waals surface area (Å²) in [5.41, 5.74) is 3.13. The van der Waals surface area contributed by atoms with Gasteiger partial charge < -0.3 is 4.90 Å². The maximum absolute atomic E-state index is 12.5. The number of imide groups is 1. The Morgan fingerprint density at radius 1 is 1.00 bits per heavy atom. The average Bonchev–Trinajstić information content (AvgIpc) is 3.55. The van der Waals surface area contributed by atoms with Gasteiger partial charge in [-0.05, 0) is 55.4 Å². The van der Waals surface area contributed by atoms with Gasteiger partial charge in [0.15, 0.2) is 5.65 Å². The van der Waals surface area contributed by atoms with Gasteiger partial charge in [0.1, 0.15) is 6.54 Å². The molecule has 0 N–H and O–H groups in total. The van der Waals surface area contributed by atoms with E-state index in [1.54, 1.807) is 4.90 Å². The summed E-state index contributed by atoms with van der Waals surface area (Å²) in [6.07, 6.45) is 6.57. The maximum Gasteiger partial charge on any atom is 0.242 e. The molecule has 3 aliphatic rings. The second kappa shape index (κ2) is 7.21. The molecule has 0 bridgehead atoms. The molecule has 1 aliphatic carbocycles. The standard InChI is InChI=1S/C22H24N4O3/c27-19-5-6-20(28)26(19)13-21(29)25-9-7-15(8-10-25)18-4-3-16-11-17(14-1-2-14)12-23-22(16)24-18/h3-4,11-12,14-15H,1-2,5-10,13H2. The van der Waals surface area contributed by atoms with Crippen LogP contribution in [0.4, 0.5) is 0 Å². The Labute approximate surface area is 169 Å². The molecule has 0 aromatic carbocycles. The molecular formula is C22H24N4O3. The van der Waals surface area contributed by atoms with Crippen molar-refractivity contribution in [3.8, 4) is 0 Å². The van der Waals surface area contributed by atoms with Crippen molar-refractivity contribution >= 4 is 28.8 Å². The van der Waals surface area contributed by atoms with E-state index in [9.17, 15) is 14.4 Å². The minimum absolute atomic E-state index is 0.121. The number of hydrogen-bond donors (Lipinski definition) is 0. The molecule has 2 aliphatic heterocycles. The Balaban J connectivity index is 1.22. The minimum Gasteiger partial charge on any atom is -0.341 e.